The van der Waals surface area contributed by atoms with E-state index in [4.69, 9.17) is 0 Å². The Morgan fingerprint density at radius 2 is 1.56 bits per heavy atom. The van der Waals surface area contributed by atoms with Gasteiger partial charge in [-0.25, -0.2) is 0 Å². The summed E-state index contributed by atoms with van der Waals surface area (Å²) < 4.78 is 0. The first-order chi connectivity index (χ1) is 12.4. The van der Waals surface area contributed by atoms with Crippen molar-refractivity contribution in [2.75, 3.05) is 26.2 Å². The summed E-state index contributed by atoms with van der Waals surface area (Å²) in [4.78, 5) is 2.65. The molecule has 3 aromatic carbocycles. The number of halogens is 2. The second-order valence-corrected chi connectivity index (χ2v) is 6.90. The summed E-state index contributed by atoms with van der Waals surface area (Å²) in [5, 5.41) is 8.94. The number of nitrogens with one attached hydrogen (secondary N) is 1. The molecule has 4 rings (SSSR count). The smallest absolute Gasteiger partial charge is 0.0358 e. The van der Waals surface area contributed by atoms with Gasteiger partial charge in [-0.3, -0.25) is 4.90 Å². The second-order valence-electron chi connectivity index (χ2n) is 6.90. The molecule has 0 radical (unpaired) electrons. The van der Waals surface area contributed by atoms with Crippen LogP contribution >= 0.6 is 24.8 Å². The van der Waals surface area contributed by atoms with Crippen LogP contribution in [0.25, 0.3) is 21.5 Å². The lowest BCUT2D eigenvalue weighted by Crippen LogP contribution is -2.45. The molecular formula is C23H28Cl2N2. The monoisotopic (exact) mass is 402 g/mol. The fourth-order valence-electron chi connectivity index (χ4n) is 4.16. The highest BCUT2D eigenvalue weighted by molar-refractivity contribution is 6.09. The number of fused-ring (bicyclic) bond motifs is 3. The molecular weight excluding hydrogens is 375 g/mol. The number of piperazine rings is 1. The van der Waals surface area contributed by atoms with E-state index < -0.39 is 0 Å². The Kier molecular flexibility index (Phi) is 8.12. The number of hydrogen-bond donors (Lipinski definition) is 1. The van der Waals surface area contributed by atoms with E-state index in [1.165, 1.54) is 27.1 Å². The minimum Gasteiger partial charge on any atom is -0.314 e. The van der Waals surface area contributed by atoms with Crippen molar-refractivity contribution in [1.82, 2.24) is 10.2 Å². The molecule has 1 aliphatic heterocycles. The van der Waals surface area contributed by atoms with Crippen molar-refractivity contribution in [2.45, 2.75) is 18.9 Å². The van der Waals surface area contributed by atoms with Gasteiger partial charge in [-0.1, -0.05) is 54.6 Å². The zero-order valence-electron chi connectivity index (χ0n) is 15.6. The predicted molar refractivity (Wildman–Crippen MR) is 123 cm³/mol. The van der Waals surface area contributed by atoms with Crippen LogP contribution in [-0.4, -0.2) is 31.1 Å². The van der Waals surface area contributed by atoms with Gasteiger partial charge in [0, 0.05) is 32.2 Å². The van der Waals surface area contributed by atoms with Crippen LogP contribution in [0.5, 0.6) is 0 Å². The van der Waals surface area contributed by atoms with Crippen molar-refractivity contribution in [3.05, 3.63) is 72.8 Å². The van der Waals surface area contributed by atoms with Gasteiger partial charge in [0.2, 0.25) is 0 Å². The van der Waals surface area contributed by atoms with Crippen LogP contribution in [0.1, 0.15) is 24.4 Å². The maximum absolute atomic E-state index is 3.95. The zero-order chi connectivity index (χ0) is 17.1. The predicted octanol–water partition coefficient (Wildman–Crippen LogP) is 5.75. The van der Waals surface area contributed by atoms with Gasteiger partial charge in [0.05, 0.1) is 0 Å². The topological polar surface area (TPSA) is 15.3 Å². The number of benzene rings is 3. The highest BCUT2D eigenvalue weighted by atomic mass is 35.5. The highest BCUT2D eigenvalue weighted by Crippen LogP contribution is 2.36. The fourth-order valence-corrected chi connectivity index (χ4v) is 4.16. The summed E-state index contributed by atoms with van der Waals surface area (Å²) in [5.41, 5.74) is 1.47. The lowest BCUT2D eigenvalue weighted by atomic mass is 9.90. The van der Waals surface area contributed by atoms with E-state index in [2.05, 4.69) is 77.5 Å². The third-order valence-corrected chi connectivity index (χ3v) is 5.40. The highest BCUT2D eigenvalue weighted by Gasteiger charge is 2.23. The molecule has 27 heavy (non-hydrogen) atoms. The molecule has 0 bridgehead atoms. The van der Waals surface area contributed by atoms with Crippen molar-refractivity contribution in [2.24, 2.45) is 0 Å². The molecule has 3 aromatic rings. The maximum Gasteiger partial charge on any atom is 0.0358 e. The van der Waals surface area contributed by atoms with Gasteiger partial charge in [0.15, 0.2) is 0 Å². The summed E-state index contributed by atoms with van der Waals surface area (Å²) in [7, 11) is 0. The van der Waals surface area contributed by atoms with Crippen molar-refractivity contribution >= 4 is 46.4 Å². The maximum atomic E-state index is 3.95. The van der Waals surface area contributed by atoms with E-state index in [9.17, 15) is 0 Å². The SMILES string of the molecule is C=CCC[C@H](c1cc2ccccc2c2ccccc12)N1CCNCC1.Cl.Cl. The van der Waals surface area contributed by atoms with Crippen LogP contribution < -0.4 is 5.32 Å². The van der Waals surface area contributed by atoms with E-state index in [1.807, 2.05) is 0 Å². The third-order valence-electron chi connectivity index (χ3n) is 5.40. The van der Waals surface area contributed by atoms with Crippen LogP contribution in [0.2, 0.25) is 0 Å². The Balaban J connectivity index is 0.00000131. The number of rotatable bonds is 5. The van der Waals surface area contributed by atoms with Crippen LogP contribution in [0.3, 0.4) is 0 Å². The Bertz CT molecular complexity index is 888. The quantitative estimate of drug-likeness (QED) is 0.431. The van der Waals surface area contributed by atoms with E-state index in [-0.39, 0.29) is 24.8 Å². The average Bonchev–Trinajstić information content (AvgIpc) is 2.69. The minimum absolute atomic E-state index is 0. The molecule has 1 fully saturated rings. The Morgan fingerprint density at radius 3 is 2.26 bits per heavy atom. The molecule has 1 saturated heterocycles. The molecule has 0 amide bonds. The number of hydrogen-bond acceptors (Lipinski definition) is 2. The molecule has 144 valence electrons. The first kappa shape index (κ1) is 21.7. The lowest BCUT2D eigenvalue weighted by molar-refractivity contribution is 0.167. The summed E-state index contributed by atoms with van der Waals surface area (Å²) in [6.07, 6.45) is 4.24. The molecule has 1 atom stereocenters. The number of allylic oxidation sites excluding steroid dienone is 1. The molecule has 0 aliphatic carbocycles. The van der Waals surface area contributed by atoms with Crippen LogP contribution in [-0.2, 0) is 0 Å². The largest absolute Gasteiger partial charge is 0.314 e. The first-order valence-corrected chi connectivity index (χ1v) is 9.34. The lowest BCUT2D eigenvalue weighted by Gasteiger charge is -2.36. The normalized spacial score (nSPS) is 15.7. The summed E-state index contributed by atoms with van der Waals surface area (Å²) in [5.74, 6) is 0. The summed E-state index contributed by atoms with van der Waals surface area (Å²) >= 11 is 0. The van der Waals surface area contributed by atoms with Crippen molar-refractivity contribution in [3.63, 3.8) is 0 Å². The van der Waals surface area contributed by atoms with Crippen molar-refractivity contribution in [1.29, 1.82) is 0 Å². The molecule has 0 unspecified atom stereocenters. The number of nitrogens with zero attached hydrogens (tertiary/aromatic N) is 1. The van der Waals surface area contributed by atoms with Gasteiger partial charge in [-0.2, -0.15) is 0 Å². The summed E-state index contributed by atoms with van der Waals surface area (Å²) in [6.45, 7) is 8.34. The minimum atomic E-state index is 0. The Labute approximate surface area is 174 Å². The summed E-state index contributed by atoms with van der Waals surface area (Å²) in [6, 6.07) is 20.5. The van der Waals surface area contributed by atoms with E-state index >= 15 is 0 Å². The molecule has 0 aromatic heterocycles. The molecule has 1 N–H and O–H groups in total. The van der Waals surface area contributed by atoms with Crippen LogP contribution in [0, 0.1) is 0 Å². The molecule has 2 nitrogen and oxygen atoms in total. The van der Waals surface area contributed by atoms with Gasteiger partial charge in [-0.15, -0.1) is 31.4 Å². The average molecular weight is 403 g/mol. The third kappa shape index (κ3) is 4.47. The standard InChI is InChI=1S/C23H26N2.2ClH/c1-2-3-12-23(25-15-13-24-14-16-25)22-17-18-8-4-5-9-19(18)20-10-6-7-11-21(20)22;;/h2,4-11,17,23-24H,1,3,12-16H2;2*1H/t23-;;/m1../s1. The first-order valence-electron chi connectivity index (χ1n) is 9.34. The fraction of sp³-hybridized carbons (Fsp3) is 0.304. The van der Waals surface area contributed by atoms with Gasteiger partial charge < -0.3 is 5.32 Å². The second kappa shape index (κ2) is 10.1. The van der Waals surface area contributed by atoms with Crippen molar-refractivity contribution < 1.29 is 0 Å². The zero-order valence-corrected chi connectivity index (χ0v) is 17.2. The van der Waals surface area contributed by atoms with Crippen molar-refractivity contribution in [3.8, 4) is 0 Å². The van der Waals surface area contributed by atoms with Gasteiger partial charge >= 0.3 is 0 Å². The Morgan fingerprint density at radius 1 is 0.926 bits per heavy atom. The van der Waals surface area contributed by atoms with Crippen LogP contribution in [0.4, 0.5) is 0 Å². The Hall–Kier alpha value is -1.58. The molecule has 1 aliphatic rings. The van der Waals surface area contributed by atoms with Gasteiger partial charge in [0.1, 0.15) is 0 Å². The van der Waals surface area contributed by atoms with Crippen LogP contribution in [0.15, 0.2) is 67.3 Å². The molecule has 0 spiro atoms. The van der Waals surface area contributed by atoms with E-state index in [0.717, 1.165) is 39.0 Å². The van der Waals surface area contributed by atoms with Gasteiger partial charge in [-0.05, 0) is 46.0 Å². The van der Waals surface area contributed by atoms with E-state index in [1.54, 1.807) is 0 Å². The van der Waals surface area contributed by atoms with E-state index in [0.29, 0.717) is 6.04 Å². The van der Waals surface area contributed by atoms with Gasteiger partial charge in [0.25, 0.3) is 0 Å². The molecule has 0 saturated carbocycles. The molecule has 4 heteroatoms. The molecule has 1 heterocycles.